The minimum atomic E-state index is -4.54. The second-order valence-electron chi connectivity index (χ2n) is 5.27. The first-order chi connectivity index (χ1) is 11.7. The molecule has 0 aliphatic heterocycles. The lowest BCUT2D eigenvalue weighted by molar-refractivity contribution is -0.137. The molecule has 1 N–H and O–H groups in total. The van der Waals surface area contributed by atoms with Gasteiger partial charge in [0.2, 0.25) is 5.91 Å². The van der Waals surface area contributed by atoms with Crippen molar-refractivity contribution in [2.24, 2.45) is 0 Å². The summed E-state index contributed by atoms with van der Waals surface area (Å²) in [5.41, 5.74) is -0.141. The second kappa shape index (κ2) is 6.36. The molecule has 0 atom stereocenters. The fourth-order valence-electron chi connectivity index (χ4n) is 2.25. The third-order valence-electron chi connectivity index (χ3n) is 3.35. The van der Waals surface area contributed by atoms with Crippen molar-refractivity contribution in [3.63, 3.8) is 0 Å². The van der Waals surface area contributed by atoms with E-state index < -0.39 is 23.5 Å². The number of anilines is 1. The van der Waals surface area contributed by atoms with Crippen molar-refractivity contribution in [1.29, 1.82) is 0 Å². The Morgan fingerprint density at radius 1 is 1.20 bits per heavy atom. The number of hydrogen-bond acceptors (Lipinski definition) is 2. The summed E-state index contributed by atoms with van der Waals surface area (Å²) in [6.07, 6.45) is -2.55. The molecule has 0 radical (unpaired) electrons. The number of alkyl halides is 3. The molecule has 0 saturated carbocycles. The molecule has 1 aromatic carbocycles. The molecule has 1 amide bonds. The number of carbonyl (C=O) groups is 1. The minimum absolute atomic E-state index is 0.124. The second-order valence-corrected chi connectivity index (χ2v) is 5.68. The van der Waals surface area contributed by atoms with E-state index in [0.29, 0.717) is 5.69 Å². The maximum absolute atomic E-state index is 12.8. The summed E-state index contributed by atoms with van der Waals surface area (Å²) in [6.45, 7) is 0. The molecule has 0 spiro atoms. The van der Waals surface area contributed by atoms with E-state index in [-0.39, 0.29) is 22.8 Å². The number of nitrogens with zero attached hydrogens (tertiary/aromatic N) is 2. The van der Waals surface area contributed by atoms with E-state index in [1.54, 1.807) is 0 Å². The molecule has 0 aliphatic carbocycles. The summed E-state index contributed by atoms with van der Waals surface area (Å²) in [5, 5.41) is 2.38. The number of imidazole rings is 1. The molecule has 3 rings (SSSR count). The smallest absolute Gasteiger partial charge is 0.326 e. The molecular formula is C16H10ClF4N3O. The fraction of sp³-hybridized carbons (Fsp3) is 0.125. The third kappa shape index (κ3) is 3.90. The van der Waals surface area contributed by atoms with E-state index in [1.807, 2.05) is 0 Å². The van der Waals surface area contributed by atoms with Crippen LogP contribution in [-0.2, 0) is 17.4 Å². The highest BCUT2D eigenvalue weighted by Gasteiger charge is 2.31. The van der Waals surface area contributed by atoms with Crippen molar-refractivity contribution in [3.05, 3.63) is 64.8 Å². The number of halogens is 5. The van der Waals surface area contributed by atoms with Gasteiger partial charge in [0.1, 0.15) is 5.82 Å². The van der Waals surface area contributed by atoms with Crippen molar-refractivity contribution in [3.8, 4) is 0 Å². The maximum Gasteiger partial charge on any atom is 0.417 e. The predicted octanol–water partition coefficient (Wildman–Crippen LogP) is 4.33. The number of aromatic nitrogens is 2. The summed E-state index contributed by atoms with van der Waals surface area (Å²) in [6, 6.07) is 5.96. The number of hydrogen-bond donors (Lipinski definition) is 1. The standard InChI is InChI=1S/C16H10ClF4N3O/c17-13-5-9(16(19,20)21)7-24-8-12(23-15(13)24)6-14(25)22-11-3-1-10(18)2-4-11/h1-5,7-8H,6H2,(H,22,25). The van der Waals surface area contributed by atoms with Crippen LogP contribution < -0.4 is 5.32 Å². The number of rotatable bonds is 3. The Hall–Kier alpha value is -2.61. The van der Waals surface area contributed by atoms with Gasteiger partial charge in [0.05, 0.1) is 22.7 Å². The molecule has 0 fully saturated rings. The molecule has 9 heteroatoms. The van der Waals surface area contributed by atoms with E-state index in [0.717, 1.165) is 16.7 Å². The average Bonchev–Trinajstić information content (AvgIpc) is 2.91. The summed E-state index contributed by atoms with van der Waals surface area (Å²) in [5.74, 6) is -0.879. The normalized spacial score (nSPS) is 11.7. The van der Waals surface area contributed by atoms with Crippen LogP contribution in [-0.4, -0.2) is 15.3 Å². The van der Waals surface area contributed by atoms with Crippen LogP contribution in [0.3, 0.4) is 0 Å². The summed E-state index contributed by atoms with van der Waals surface area (Å²) in [7, 11) is 0. The average molecular weight is 372 g/mol. The van der Waals surface area contributed by atoms with E-state index in [9.17, 15) is 22.4 Å². The zero-order chi connectivity index (χ0) is 18.2. The molecule has 0 aliphatic rings. The maximum atomic E-state index is 12.8. The molecule has 2 heterocycles. The highest BCUT2D eigenvalue weighted by Crippen LogP contribution is 2.32. The molecular weight excluding hydrogens is 362 g/mol. The Morgan fingerprint density at radius 2 is 1.88 bits per heavy atom. The quantitative estimate of drug-likeness (QED) is 0.697. The molecule has 0 saturated heterocycles. The van der Waals surface area contributed by atoms with Gasteiger partial charge in [0, 0.05) is 18.1 Å². The Balaban J connectivity index is 1.81. The van der Waals surface area contributed by atoms with Gasteiger partial charge in [0.15, 0.2) is 5.65 Å². The lowest BCUT2D eigenvalue weighted by atomic mass is 10.2. The Labute approximate surface area is 144 Å². The van der Waals surface area contributed by atoms with Crippen LogP contribution >= 0.6 is 11.6 Å². The van der Waals surface area contributed by atoms with Gasteiger partial charge in [0.25, 0.3) is 0 Å². The largest absolute Gasteiger partial charge is 0.417 e. The van der Waals surface area contributed by atoms with E-state index >= 15 is 0 Å². The van der Waals surface area contributed by atoms with Gasteiger partial charge in [-0.15, -0.1) is 0 Å². The van der Waals surface area contributed by atoms with Crippen molar-refractivity contribution in [2.45, 2.75) is 12.6 Å². The van der Waals surface area contributed by atoms with Crippen LogP contribution in [0.5, 0.6) is 0 Å². The number of fused-ring (bicyclic) bond motifs is 1. The van der Waals surface area contributed by atoms with Crippen LogP contribution in [0.1, 0.15) is 11.3 Å². The van der Waals surface area contributed by atoms with Gasteiger partial charge < -0.3 is 9.72 Å². The number of pyridine rings is 1. The lowest BCUT2D eigenvalue weighted by Crippen LogP contribution is -2.14. The highest BCUT2D eigenvalue weighted by molar-refractivity contribution is 6.33. The summed E-state index contributed by atoms with van der Waals surface area (Å²) < 4.78 is 52.4. The van der Waals surface area contributed by atoms with Gasteiger partial charge >= 0.3 is 6.18 Å². The molecule has 0 bridgehead atoms. The molecule has 3 aromatic rings. The summed E-state index contributed by atoms with van der Waals surface area (Å²) >= 11 is 5.84. The van der Waals surface area contributed by atoms with Gasteiger partial charge in [-0.05, 0) is 30.3 Å². The van der Waals surface area contributed by atoms with Crippen LogP contribution in [0.2, 0.25) is 5.02 Å². The zero-order valence-corrected chi connectivity index (χ0v) is 13.2. The lowest BCUT2D eigenvalue weighted by Gasteiger charge is -2.07. The number of carbonyl (C=O) groups excluding carboxylic acids is 1. The molecule has 4 nitrogen and oxygen atoms in total. The molecule has 25 heavy (non-hydrogen) atoms. The van der Waals surface area contributed by atoms with E-state index in [4.69, 9.17) is 11.6 Å². The van der Waals surface area contributed by atoms with Crippen molar-refractivity contribution >= 4 is 28.8 Å². The molecule has 2 aromatic heterocycles. The van der Waals surface area contributed by atoms with Gasteiger partial charge in [-0.3, -0.25) is 4.79 Å². The third-order valence-corrected chi connectivity index (χ3v) is 3.63. The highest BCUT2D eigenvalue weighted by atomic mass is 35.5. The first kappa shape index (κ1) is 17.2. The molecule has 0 unspecified atom stereocenters. The molecule has 130 valence electrons. The van der Waals surface area contributed by atoms with Crippen molar-refractivity contribution < 1.29 is 22.4 Å². The van der Waals surface area contributed by atoms with Gasteiger partial charge in [-0.25, -0.2) is 9.37 Å². The predicted molar refractivity (Wildman–Crippen MR) is 83.9 cm³/mol. The van der Waals surface area contributed by atoms with Crippen LogP contribution in [0, 0.1) is 5.82 Å². The first-order valence-electron chi connectivity index (χ1n) is 7.02. The zero-order valence-electron chi connectivity index (χ0n) is 12.4. The monoisotopic (exact) mass is 371 g/mol. The minimum Gasteiger partial charge on any atom is -0.326 e. The van der Waals surface area contributed by atoms with E-state index in [2.05, 4.69) is 10.3 Å². The number of nitrogens with one attached hydrogen (secondary N) is 1. The van der Waals surface area contributed by atoms with Gasteiger partial charge in [-0.2, -0.15) is 13.2 Å². The van der Waals surface area contributed by atoms with Crippen LogP contribution in [0.4, 0.5) is 23.2 Å². The summed E-state index contributed by atoms with van der Waals surface area (Å²) in [4.78, 5) is 16.1. The number of amides is 1. The van der Waals surface area contributed by atoms with Gasteiger partial charge in [-0.1, -0.05) is 11.6 Å². The van der Waals surface area contributed by atoms with Crippen molar-refractivity contribution in [2.75, 3.05) is 5.32 Å². The van der Waals surface area contributed by atoms with Crippen LogP contribution in [0.25, 0.3) is 5.65 Å². The topological polar surface area (TPSA) is 46.4 Å². The van der Waals surface area contributed by atoms with Crippen LogP contribution in [0.15, 0.2) is 42.7 Å². The Bertz CT molecular complexity index is 935. The van der Waals surface area contributed by atoms with E-state index in [1.165, 1.54) is 30.5 Å². The SMILES string of the molecule is O=C(Cc1cn2cc(C(F)(F)F)cc(Cl)c2n1)Nc1ccc(F)cc1. The first-order valence-corrected chi connectivity index (χ1v) is 7.40. The number of benzene rings is 1. The fourth-order valence-corrected chi connectivity index (χ4v) is 2.51. The van der Waals surface area contributed by atoms with Crippen molar-refractivity contribution in [1.82, 2.24) is 9.38 Å². The Kier molecular flexibility index (Phi) is 4.38. The Morgan fingerprint density at radius 3 is 2.52 bits per heavy atom.